The summed E-state index contributed by atoms with van der Waals surface area (Å²) in [6.45, 7) is 1.66. The Labute approximate surface area is 149 Å². The molecule has 0 aromatic heterocycles. The molecule has 0 radical (unpaired) electrons. The highest BCUT2D eigenvalue weighted by atomic mass is 32.2. The molecule has 6 heteroatoms. The third kappa shape index (κ3) is 3.30. The second-order valence-electron chi connectivity index (χ2n) is 5.67. The van der Waals surface area contributed by atoms with E-state index in [1.165, 1.54) is 11.8 Å². The van der Waals surface area contributed by atoms with Crippen LogP contribution < -0.4 is 10.6 Å². The molecule has 0 saturated heterocycles. The van der Waals surface area contributed by atoms with Crippen molar-refractivity contribution < 1.29 is 9.59 Å². The number of benzene rings is 2. The number of rotatable bonds is 4. The Morgan fingerprint density at radius 2 is 2.04 bits per heavy atom. The van der Waals surface area contributed by atoms with Crippen LogP contribution in [0.1, 0.15) is 12.5 Å². The molecule has 0 spiro atoms. The summed E-state index contributed by atoms with van der Waals surface area (Å²) >= 11 is 3.00. The summed E-state index contributed by atoms with van der Waals surface area (Å²) in [5.74, 6) is 0.258. The lowest BCUT2D eigenvalue weighted by Gasteiger charge is -2.31. The highest BCUT2D eigenvalue weighted by Crippen LogP contribution is 2.42. The summed E-state index contributed by atoms with van der Waals surface area (Å²) in [7, 11) is 0. The zero-order chi connectivity index (χ0) is 17.2. The summed E-state index contributed by atoms with van der Waals surface area (Å²) in [5.41, 5.74) is 2.59. The Kier molecular flexibility index (Phi) is 4.87. The van der Waals surface area contributed by atoms with Crippen molar-refractivity contribution in [2.75, 3.05) is 16.9 Å². The number of fused-ring (bicyclic) bond motifs is 1. The maximum Gasteiger partial charge on any atom is 0.250 e. The van der Waals surface area contributed by atoms with Gasteiger partial charge in [-0.05, 0) is 43.0 Å². The molecule has 1 heterocycles. The van der Waals surface area contributed by atoms with E-state index < -0.39 is 4.75 Å². The fraction of sp³-hybridized carbons (Fsp3) is 0.222. The van der Waals surface area contributed by atoms with Gasteiger partial charge < -0.3 is 10.6 Å². The Hall–Kier alpha value is -1.92. The first-order chi connectivity index (χ1) is 11.5. The molecule has 2 aromatic rings. The van der Waals surface area contributed by atoms with Gasteiger partial charge in [0.1, 0.15) is 0 Å². The van der Waals surface area contributed by atoms with Crippen molar-refractivity contribution in [3.8, 4) is 0 Å². The van der Waals surface area contributed by atoms with E-state index in [4.69, 9.17) is 0 Å². The minimum absolute atomic E-state index is 0.302. The first kappa shape index (κ1) is 16.9. The van der Waals surface area contributed by atoms with Crippen molar-refractivity contribution in [2.24, 2.45) is 0 Å². The summed E-state index contributed by atoms with van der Waals surface area (Å²) in [5, 5.41) is 5.71. The van der Waals surface area contributed by atoms with Crippen LogP contribution in [0.25, 0.3) is 0 Å². The molecular formula is C18H18N2O2S2. The molecule has 1 atom stereocenters. The standard InChI is InChI=1S/C18H18N2O2S2/c1-18(17(22)20-14-8-3-4-9-15(14)24-18)16(21)19-13-7-5-6-12(10-13)11-23-2/h3-10H,11H2,1-2H3,(H,19,21)(H,20,22). The van der Waals surface area contributed by atoms with Gasteiger partial charge in [-0.3, -0.25) is 9.59 Å². The molecule has 2 aromatic carbocycles. The Balaban J connectivity index is 1.81. The molecule has 1 aliphatic heterocycles. The van der Waals surface area contributed by atoms with Crippen LogP contribution in [-0.2, 0) is 15.3 Å². The summed E-state index contributed by atoms with van der Waals surface area (Å²) in [4.78, 5) is 26.2. The number of hydrogen-bond acceptors (Lipinski definition) is 4. The molecule has 124 valence electrons. The molecule has 4 nitrogen and oxygen atoms in total. The third-order valence-electron chi connectivity index (χ3n) is 3.81. The lowest BCUT2D eigenvalue weighted by Crippen LogP contribution is -2.49. The van der Waals surface area contributed by atoms with Crippen LogP contribution in [0.15, 0.2) is 53.4 Å². The number of amides is 2. The number of hydrogen-bond donors (Lipinski definition) is 2. The molecular weight excluding hydrogens is 340 g/mol. The Morgan fingerprint density at radius 1 is 1.25 bits per heavy atom. The summed E-state index contributed by atoms with van der Waals surface area (Å²) < 4.78 is -1.20. The van der Waals surface area contributed by atoms with Crippen molar-refractivity contribution in [2.45, 2.75) is 22.3 Å². The molecule has 1 unspecified atom stereocenters. The van der Waals surface area contributed by atoms with Crippen molar-refractivity contribution >= 4 is 46.7 Å². The van der Waals surface area contributed by atoms with Crippen LogP contribution in [0.4, 0.5) is 11.4 Å². The van der Waals surface area contributed by atoms with Gasteiger partial charge in [0, 0.05) is 16.3 Å². The zero-order valence-electron chi connectivity index (χ0n) is 13.5. The first-order valence-electron chi connectivity index (χ1n) is 7.52. The average Bonchev–Trinajstić information content (AvgIpc) is 2.56. The van der Waals surface area contributed by atoms with Crippen molar-refractivity contribution in [3.05, 3.63) is 54.1 Å². The number of thioether (sulfide) groups is 2. The Bertz CT molecular complexity index is 794. The predicted octanol–water partition coefficient (Wildman–Crippen LogP) is 3.99. The largest absolute Gasteiger partial charge is 0.324 e. The Morgan fingerprint density at radius 3 is 2.83 bits per heavy atom. The molecule has 2 N–H and O–H groups in total. The van der Waals surface area contributed by atoms with Crippen LogP contribution in [-0.4, -0.2) is 22.8 Å². The third-order valence-corrected chi connectivity index (χ3v) is 5.79. The SMILES string of the molecule is CSCc1cccc(NC(=O)C2(C)Sc3ccccc3NC2=O)c1. The zero-order valence-corrected chi connectivity index (χ0v) is 15.1. The smallest absolute Gasteiger partial charge is 0.250 e. The van der Waals surface area contributed by atoms with E-state index in [0.29, 0.717) is 5.69 Å². The lowest BCUT2D eigenvalue weighted by molar-refractivity contribution is -0.126. The van der Waals surface area contributed by atoms with Crippen LogP contribution >= 0.6 is 23.5 Å². The van der Waals surface area contributed by atoms with Gasteiger partial charge in [0.15, 0.2) is 4.75 Å². The van der Waals surface area contributed by atoms with Gasteiger partial charge in [-0.2, -0.15) is 11.8 Å². The van der Waals surface area contributed by atoms with Gasteiger partial charge >= 0.3 is 0 Å². The van der Waals surface area contributed by atoms with Crippen LogP contribution in [0.3, 0.4) is 0 Å². The first-order valence-corrected chi connectivity index (χ1v) is 9.73. The van der Waals surface area contributed by atoms with E-state index >= 15 is 0 Å². The van der Waals surface area contributed by atoms with Crippen LogP contribution in [0.2, 0.25) is 0 Å². The molecule has 3 rings (SSSR count). The summed E-state index contributed by atoms with van der Waals surface area (Å²) in [6, 6.07) is 15.2. The second-order valence-corrected chi connectivity index (χ2v) is 8.00. The molecule has 24 heavy (non-hydrogen) atoms. The number of para-hydroxylation sites is 1. The molecule has 0 saturated carbocycles. The van der Waals surface area contributed by atoms with E-state index in [2.05, 4.69) is 10.6 Å². The molecule has 1 aliphatic rings. The molecule has 0 aliphatic carbocycles. The van der Waals surface area contributed by atoms with Gasteiger partial charge in [-0.15, -0.1) is 0 Å². The minimum Gasteiger partial charge on any atom is -0.324 e. The van der Waals surface area contributed by atoms with Crippen molar-refractivity contribution in [1.82, 2.24) is 0 Å². The lowest BCUT2D eigenvalue weighted by atomic mass is 10.1. The number of carbonyl (C=O) groups is 2. The number of nitrogens with one attached hydrogen (secondary N) is 2. The fourth-order valence-electron chi connectivity index (χ4n) is 2.47. The van der Waals surface area contributed by atoms with E-state index in [-0.39, 0.29) is 11.8 Å². The van der Waals surface area contributed by atoms with E-state index in [1.807, 2.05) is 54.8 Å². The van der Waals surface area contributed by atoms with Gasteiger partial charge in [0.2, 0.25) is 11.8 Å². The maximum absolute atomic E-state index is 12.8. The predicted molar refractivity (Wildman–Crippen MR) is 102 cm³/mol. The van der Waals surface area contributed by atoms with Gasteiger partial charge in [0.05, 0.1) is 5.69 Å². The summed E-state index contributed by atoms with van der Waals surface area (Å²) in [6.07, 6.45) is 2.03. The fourth-order valence-corrected chi connectivity index (χ4v) is 4.09. The van der Waals surface area contributed by atoms with Crippen molar-refractivity contribution in [1.29, 1.82) is 0 Å². The molecule has 2 amide bonds. The minimum atomic E-state index is -1.20. The van der Waals surface area contributed by atoms with E-state index in [9.17, 15) is 9.59 Å². The van der Waals surface area contributed by atoms with Gasteiger partial charge in [-0.25, -0.2) is 0 Å². The molecule has 0 bridgehead atoms. The van der Waals surface area contributed by atoms with E-state index in [1.54, 1.807) is 18.7 Å². The second kappa shape index (κ2) is 6.91. The van der Waals surface area contributed by atoms with Crippen LogP contribution in [0, 0.1) is 0 Å². The highest BCUT2D eigenvalue weighted by molar-refractivity contribution is 8.02. The van der Waals surface area contributed by atoms with Crippen molar-refractivity contribution in [3.63, 3.8) is 0 Å². The number of carbonyl (C=O) groups excluding carboxylic acids is 2. The quantitative estimate of drug-likeness (QED) is 0.812. The normalized spacial score (nSPS) is 19.3. The van der Waals surface area contributed by atoms with E-state index in [0.717, 1.165) is 21.9 Å². The van der Waals surface area contributed by atoms with Gasteiger partial charge in [0.25, 0.3) is 0 Å². The maximum atomic E-state index is 12.8. The van der Waals surface area contributed by atoms with Gasteiger partial charge in [-0.1, -0.05) is 36.0 Å². The molecule has 0 fully saturated rings. The topological polar surface area (TPSA) is 58.2 Å². The number of anilines is 2. The highest BCUT2D eigenvalue weighted by Gasteiger charge is 2.45. The van der Waals surface area contributed by atoms with Crippen LogP contribution in [0.5, 0.6) is 0 Å². The monoisotopic (exact) mass is 358 g/mol. The average molecular weight is 358 g/mol.